The lowest BCUT2D eigenvalue weighted by atomic mass is 9.92. The van der Waals surface area contributed by atoms with Crippen molar-refractivity contribution >= 4 is 23.5 Å². The van der Waals surface area contributed by atoms with Crippen molar-refractivity contribution in [3.05, 3.63) is 0 Å². The van der Waals surface area contributed by atoms with Gasteiger partial charge in [-0.15, -0.1) is 0 Å². The Morgan fingerprint density at radius 2 is 0.391 bits per heavy atom. The van der Waals surface area contributed by atoms with Crippen LogP contribution in [-0.2, 0) is 56.8 Å². The van der Waals surface area contributed by atoms with Gasteiger partial charge < -0.3 is 139 Å². The van der Waals surface area contributed by atoms with Crippen molar-refractivity contribution < 1.29 is 253 Å². The Morgan fingerprint density at radius 3 is 0.573 bits per heavy atom. The maximum absolute atomic E-state index is 14.8. The summed E-state index contributed by atoms with van der Waals surface area (Å²) >= 11 is 0.219. The van der Waals surface area contributed by atoms with E-state index in [1.807, 2.05) is 0 Å². The highest BCUT2D eigenvalue weighted by Gasteiger charge is 2.92. The minimum Gasteiger partial charge on any atom is -0.394 e. The Labute approximate surface area is 606 Å². The molecule has 0 aromatic rings. The van der Waals surface area contributed by atoms with Crippen molar-refractivity contribution in [3.63, 3.8) is 0 Å². The zero-order valence-corrected chi connectivity index (χ0v) is 56.1. The predicted octanol–water partition coefficient (Wildman–Crippen LogP) is -0.535. The van der Waals surface area contributed by atoms with Gasteiger partial charge >= 0.3 is 71.6 Å². The summed E-state index contributed by atoms with van der Waals surface area (Å²) in [5, 5.41) is 180. The highest BCUT2D eigenvalue weighted by molar-refractivity contribution is 7.99. The molecule has 30 unspecified atom stereocenters. The zero-order chi connectivity index (χ0) is 83.7. The first-order valence-electron chi connectivity index (χ1n) is 31.7. The Hall–Kier alpha value is -2.24. The zero-order valence-electron chi connectivity index (χ0n) is 54.5. The maximum atomic E-state index is 14.8. The van der Waals surface area contributed by atoms with Crippen LogP contribution in [0.2, 0.25) is 0 Å². The van der Waals surface area contributed by atoms with Gasteiger partial charge in [0.1, 0.15) is 134 Å². The number of ether oxygens (including phenoxy) is 12. The van der Waals surface area contributed by atoms with Crippen molar-refractivity contribution in [1.29, 1.82) is 0 Å². The van der Waals surface area contributed by atoms with Gasteiger partial charge in [0.2, 0.25) is 0 Å². The second-order valence-electron chi connectivity index (χ2n) is 25.8. The van der Waals surface area contributed by atoms with E-state index in [9.17, 15) is 196 Å². The highest BCUT2D eigenvalue weighted by Crippen LogP contribution is 2.63. The third-order valence-corrected chi connectivity index (χ3v) is 20.7. The van der Waals surface area contributed by atoms with Crippen LogP contribution in [0.25, 0.3) is 0 Å². The van der Waals surface area contributed by atoms with Crippen LogP contribution in [0.4, 0.5) is 114 Å². The molecule has 22 aliphatic heterocycles. The summed E-state index contributed by atoms with van der Waals surface area (Å²) in [6.07, 6.45) is -97.7. The van der Waals surface area contributed by atoms with E-state index in [1.54, 1.807) is 0 Å². The molecule has 0 aromatic heterocycles. The third-order valence-electron chi connectivity index (χ3n) is 18.4. The third kappa shape index (κ3) is 17.5. The molecule has 12 bridgehead atoms. The van der Waals surface area contributed by atoms with Crippen molar-refractivity contribution in [2.24, 2.45) is 0 Å². The lowest BCUT2D eigenvalue weighted by molar-refractivity contribution is -0.440. The molecule has 22 heterocycles. The molecule has 22 rings (SSSR count). The van der Waals surface area contributed by atoms with Crippen LogP contribution in [0.1, 0.15) is 25.7 Å². The van der Waals surface area contributed by atoms with Crippen LogP contribution < -0.4 is 0 Å². The lowest BCUT2D eigenvalue weighted by Gasteiger charge is -2.51. The Bertz CT molecular complexity index is 2760. The van der Waals surface area contributed by atoms with E-state index >= 15 is 0 Å². The quantitative estimate of drug-likeness (QED) is 0.0426. The summed E-state index contributed by atoms with van der Waals surface area (Å²) in [5.74, 6) is -81.8. The normalized spacial score (nSPS) is 40.0. The van der Waals surface area contributed by atoms with E-state index in [-0.39, 0.29) is 23.5 Å². The first kappa shape index (κ1) is 94.9. The van der Waals surface area contributed by atoms with Crippen molar-refractivity contribution in [2.45, 2.75) is 281 Å². The highest BCUT2D eigenvalue weighted by atomic mass is 32.2. The van der Waals surface area contributed by atoms with E-state index in [1.165, 1.54) is 0 Å². The van der Waals surface area contributed by atoms with Crippen LogP contribution in [0.5, 0.6) is 0 Å². The molecule has 0 aromatic carbocycles. The molecule has 0 saturated carbocycles. The standard InChI is InChI=1S/C54H70F26O28S2/c55-43(56,45(59,60)47(63,64)49(67,68)51(71,72)53(75,76)77)3-1-5-109-11-17-35-23(89)29(95)41(101-17)105-33-15(9-83)97-37(25(91)19(33)85)104-32-14(8-82)100-40(28(94)22(32)88)108-36-18(12-110-6-2-4-44(57,58)46(61,62)48(65,66)50(69,70)52(73,74)54(78,79)80)102-42(30(96)24(36)90)106-34-16(10-84)98-38(26(92)20(34)86)103-31-13(7-81)99-39(107-35)27(93)21(31)87/h13-42,81-96H,1-12H2. The van der Waals surface area contributed by atoms with Gasteiger partial charge in [-0.05, 0) is 24.3 Å². The van der Waals surface area contributed by atoms with E-state index < -0.39 is 331 Å². The maximum Gasteiger partial charge on any atom is 0.460 e. The Kier molecular flexibility index (Phi) is 29.9. The minimum atomic E-state index is -8.24. The summed E-state index contributed by atoms with van der Waals surface area (Å²) in [7, 11) is 0. The number of halogens is 26. The molecule has 0 aliphatic carbocycles. The number of hydrogen-bond acceptors (Lipinski definition) is 30. The number of hydrogen-bond donors (Lipinski definition) is 16. The van der Waals surface area contributed by atoms with E-state index in [0.29, 0.717) is 0 Å². The fraction of sp³-hybridized carbons (Fsp3) is 1.00. The monoisotopic (exact) mass is 1720 g/mol. The molecular weight excluding hydrogens is 1650 g/mol. The van der Waals surface area contributed by atoms with Crippen molar-refractivity contribution in [2.75, 3.05) is 49.4 Å². The Balaban J connectivity index is 1.18. The fourth-order valence-corrected chi connectivity index (χ4v) is 14.0. The summed E-state index contributed by atoms with van der Waals surface area (Å²) < 4.78 is 428. The number of rotatable bonds is 24. The second-order valence-corrected chi connectivity index (χ2v) is 28.1. The first-order chi connectivity index (χ1) is 50.2. The molecule has 22 aliphatic rings. The van der Waals surface area contributed by atoms with Gasteiger partial charge in [-0.1, -0.05) is 0 Å². The fourth-order valence-electron chi connectivity index (χ4n) is 12.0. The number of thioether (sulfide) groups is 2. The van der Waals surface area contributed by atoms with Crippen molar-refractivity contribution in [1.82, 2.24) is 0 Å². The van der Waals surface area contributed by atoms with Gasteiger partial charge in [0, 0.05) is 24.3 Å². The number of aliphatic hydroxyl groups excluding tert-OH is 16. The number of alkyl halides is 26. The van der Waals surface area contributed by atoms with Crippen LogP contribution in [0.3, 0.4) is 0 Å². The SMILES string of the molecule is OCC1OC2OC3C(CSCCCC(F)(F)C(F)(F)C(F)(F)C(F)(F)C(F)(F)C(F)(F)F)OC(OC4C(CO)OC(OC5C(CO)OC(OC6C(CSCCCC(F)(F)C(F)(F)C(F)(F)C(F)(F)C(F)(F)C(F)(F)F)OC(OC7C(CO)OC(OC1C(O)C2O)C(O)C7O)C(O)C6O)C(O)C5O)C(O)C4O)C(O)C3O. The van der Waals surface area contributed by atoms with Gasteiger partial charge in [-0.25, -0.2) is 0 Å². The van der Waals surface area contributed by atoms with Crippen LogP contribution in [-0.4, -0.2) is 387 Å². The summed E-state index contributed by atoms with van der Waals surface area (Å²) in [6.45, 7) is -5.65. The molecule has 0 amide bonds. The average Bonchev–Trinajstić information content (AvgIpc) is 0.714. The molecular formula is C54H70F26O28S2. The topological polar surface area (TPSA) is 434 Å². The molecule has 56 heteroatoms. The van der Waals surface area contributed by atoms with Crippen LogP contribution in [0.15, 0.2) is 0 Å². The smallest absolute Gasteiger partial charge is 0.394 e. The molecule has 0 spiro atoms. The molecule has 648 valence electrons. The van der Waals surface area contributed by atoms with Gasteiger partial charge in [0.25, 0.3) is 0 Å². The van der Waals surface area contributed by atoms with Crippen molar-refractivity contribution in [3.8, 4) is 0 Å². The van der Waals surface area contributed by atoms with E-state index in [4.69, 9.17) is 56.8 Å². The molecule has 30 atom stereocenters. The molecule has 22 saturated heterocycles. The van der Waals surface area contributed by atoms with E-state index in [0.717, 1.165) is 0 Å². The van der Waals surface area contributed by atoms with Gasteiger partial charge in [-0.3, -0.25) is 0 Å². The largest absolute Gasteiger partial charge is 0.460 e. The summed E-state index contributed by atoms with van der Waals surface area (Å²) in [4.78, 5) is 0. The van der Waals surface area contributed by atoms with E-state index in [2.05, 4.69) is 0 Å². The second kappa shape index (κ2) is 34.6. The molecule has 16 N–H and O–H groups in total. The minimum absolute atomic E-state index is 0.109. The van der Waals surface area contributed by atoms with Gasteiger partial charge in [-0.2, -0.15) is 138 Å². The van der Waals surface area contributed by atoms with Crippen LogP contribution in [0, 0.1) is 0 Å². The summed E-state index contributed by atoms with van der Waals surface area (Å²) in [5.41, 5.74) is 0. The lowest BCUT2D eigenvalue weighted by Crippen LogP contribution is -2.70. The molecule has 0 radical (unpaired) electrons. The van der Waals surface area contributed by atoms with Crippen LogP contribution >= 0.6 is 23.5 Å². The summed E-state index contributed by atoms with van der Waals surface area (Å²) in [6, 6.07) is 0. The number of aliphatic hydroxyl groups is 16. The molecule has 28 nitrogen and oxygen atoms in total. The first-order valence-corrected chi connectivity index (χ1v) is 34.1. The molecule has 22 fully saturated rings. The predicted molar refractivity (Wildman–Crippen MR) is 296 cm³/mol. The Morgan fingerprint density at radius 1 is 0.218 bits per heavy atom. The van der Waals surface area contributed by atoms with Gasteiger partial charge in [0.05, 0.1) is 38.6 Å². The molecule has 110 heavy (non-hydrogen) atoms. The average molecular weight is 1730 g/mol. The van der Waals surface area contributed by atoms with Gasteiger partial charge in [0.15, 0.2) is 37.7 Å².